The molecule has 2 N–H and O–H groups in total. The molecule has 0 unspecified atom stereocenters. The highest BCUT2D eigenvalue weighted by atomic mass is 32.2. The topological polar surface area (TPSA) is 104 Å². The first-order chi connectivity index (χ1) is 15.0. The van der Waals surface area contributed by atoms with Crippen molar-refractivity contribution in [2.24, 2.45) is 33.7 Å². The van der Waals surface area contributed by atoms with E-state index < -0.39 is 10.3 Å². The molecule has 0 aliphatic heterocycles. The zero-order chi connectivity index (χ0) is 22.9. The molecule has 2 fully saturated rings. The van der Waals surface area contributed by atoms with Crippen LogP contribution in [0.15, 0.2) is 54.1 Å². The van der Waals surface area contributed by atoms with Crippen molar-refractivity contribution in [1.29, 1.82) is 0 Å². The normalized spacial score (nSPS) is 36.0. The summed E-state index contributed by atoms with van der Waals surface area (Å²) in [5.41, 5.74) is 2.26. The van der Waals surface area contributed by atoms with Gasteiger partial charge in [-0.15, -0.1) is 0 Å². The van der Waals surface area contributed by atoms with Gasteiger partial charge in [0.25, 0.3) is 0 Å². The maximum atomic E-state index is 12.7. The summed E-state index contributed by atoms with van der Waals surface area (Å²) in [6.45, 7) is 4.33. The summed E-state index contributed by atoms with van der Waals surface area (Å²) in [5, 5.41) is 4.97. The summed E-state index contributed by atoms with van der Waals surface area (Å²) in [5.74, 6) is 1.33. The fraction of sp³-hybridized carbons (Fsp3) is 0.440. The Labute approximate surface area is 188 Å². The molecule has 0 saturated heterocycles. The number of fused-ring (bicyclic) bond motifs is 5. The molecule has 2 saturated carbocycles. The van der Waals surface area contributed by atoms with Gasteiger partial charge in [0, 0.05) is 17.3 Å². The molecule has 0 spiro atoms. The van der Waals surface area contributed by atoms with Gasteiger partial charge in [0.15, 0.2) is 5.78 Å². The Kier molecular flexibility index (Phi) is 4.66. The summed E-state index contributed by atoms with van der Waals surface area (Å²) in [7, 11) is -4.10. The van der Waals surface area contributed by atoms with Gasteiger partial charge in [0.1, 0.15) is 11.5 Å². The molecule has 5 rings (SSSR count). The second-order valence-corrected chi connectivity index (χ2v) is 11.1. The average molecular weight is 454 g/mol. The van der Waals surface area contributed by atoms with Crippen molar-refractivity contribution in [3.05, 3.63) is 59.7 Å². The summed E-state index contributed by atoms with van der Waals surface area (Å²) in [6, 6.07) is 6.71. The van der Waals surface area contributed by atoms with Crippen molar-refractivity contribution < 1.29 is 22.2 Å². The van der Waals surface area contributed by atoms with Crippen molar-refractivity contribution in [3.8, 4) is 5.75 Å². The second kappa shape index (κ2) is 6.99. The van der Waals surface area contributed by atoms with Crippen LogP contribution in [0.5, 0.6) is 5.75 Å². The van der Waals surface area contributed by atoms with Crippen LogP contribution in [0, 0.1) is 28.6 Å². The van der Waals surface area contributed by atoms with Gasteiger partial charge in [0.05, 0.1) is 0 Å². The fourth-order valence-electron chi connectivity index (χ4n) is 6.64. The van der Waals surface area contributed by atoms with E-state index in [1.54, 1.807) is 36.4 Å². The largest absolute Gasteiger partial charge is 0.380 e. The Balaban J connectivity index is 1.62. The zero-order valence-corrected chi connectivity index (χ0v) is 19.0. The third kappa shape index (κ3) is 3.21. The molecule has 0 amide bonds. The van der Waals surface area contributed by atoms with E-state index in [1.165, 1.54) is 0 Å². The van der Waals surface area contributed by atoms with Crippen molar-refractivity contribution in [2.75, 3.05) is 0 Å². The Bertz CT molecular complexity index is 1210. The molecule has 168 valence electrons. The molecule has 32 heavy (non-hydrogen) atoms. The van der Waals surface area contributed by atoms with Crippen molar-refractivity contribution in [1.82, 2.24) is 0 Å². The number of nitrogens with two attached hydrogens (primary N) is 1. The minimum absolute atomic E-state index is 0.0345. The van der Waals surface area contributed by atoms with E-state index in [2.05, 4.69) is 19.9 Å². The molecule has 1 aromatic carbocycles. The third-order valence-corrected chi connectivity index (χ3v) is 8.72. The standard InChI is InChI=1S/C25H27NO5S/c1-24-11-9-16(27)13-22(24)18(15-3-5-17(6-4-15)31-32(26,29)30)14-19-20-7-8-23(28)25(20,2)12-10-21(19)24/h3-6,9,11,13-14,19-21H,7-8,10,12H2,1-2H3,(H2,26,29,30)/t19-,20-,21-,24+,25-/m0/s1. The fourth-order valence-corrected chi connectivity index (χ4v) is 7.02. The van der Waals surface area contributed by atoms with E-state index in [1.807, 2.05) is 6.08 Å². The van der Waals surface area contributed by atoms with Gasteiger partial charge in [0.2, 0.25) is 0 Å². The van der Waals surface area contributed by atoms with E-state index in [4.69, 9.17) is 9.32 Å². The van der Waals surface area contributed by atoms with Crippen molar-refractivity contribution >= 4 is 27.4 Å². The van der Waals surface area contributed by atoms with Crippen LogP contribution in [0.3, 0.4) is 0 Å². The summed E-state index contributed by atoms with van der Waals surface area (Å²) >= 11 is 0. The zero-order valence-electron chi connectivity index (χ0n) is 18.2. The highest BCUT2D eigenvalue weighted by Gasteiger charge is 2.58. The van der Waals surface area contributed by atoms with E-state index in [0.717, 1.165) is 36.0 Å². The Morgan fingerprint density at radius 2 is 1.78 bits per heavy atom. The molecule has 1 aromatic rings. The highest BCUT2D eigenvalue weighted by Crippen LogP contribution is 2.63. The first-order valence-corrected chi connectivity index (χ1v) is 12.5. The number of Topliss-reactive ketones (excluding diaryl/α,β-unsaturated/α-hetero) is 1. The van der Waals surface area contributed by atoms with Crippen LogP contribution in [-0.2, 0) is 19.9 Å². The second-order valence-electron chi connectivity index (χ2n) is 9.97. The van der Waals surface area contributed by atoms with Crippen LogP contribution < -0.4 is 9.32 Å². The molecular formula is C25H27NO5S. The van der Waals surface area contributed by atoms with Crippen LogP contribution >= 0.6 is 0 Å². The third-order valence-electron chi connectivity index (χ3n) is 8.30. The van der Waals surface area contributed by atoms with Gasteiger partial charge in [-0.3, -0.25) is 9.59 Å². The number of rotatable bonds is 3. The van der Waals surface area contributed by atoms with Crippen LogP contribution in [0.1, 0.15) is 45.1 Å². The lowest BCUT2D eigenvalue weighted by molar-refractivity contribution is -0.130. The van der Waals surface area contributed by atoms with Gasteiger partial charge < -0.3 is 4.18 Å². The summed E-state index contributed by atoms with van der Waals surface area (Å²) in [4.78, 5) is 25.1. The number of carbonyl (C=O) groups is 2. The Morgan fingerprint density at radius 1 is 1.06 bits per heavy atom. The summed E-state index contributed by atoms with van der Waals surface area (Å²) in [6.07, 6.45) is 11.1. The maximum Gasteiger partial charge on any atom is 0.380 e. The lowest BCUT2D eigenvalue weighted by atomic mass is 9.49. The quantitative estimate of drug-likeness (QED) is 0.751. The van der Waals surface area contributed by atoms with Crippen LogP contribution in [0.4, 0.5) is 0 Å². The number of ketones is 2. The molecule has 6 nitrogen and oxygen atoms in total. The first-order valence-electron chi connectivity index (χ1n) is 11.0. The minimum Gasteiger partial charge on any atom is -0.371 e. The van der Waals surface area contributed by atoms with Crippen LogP contribution in [-0.4, -0.2) is 20.0 Å². The molecule has 4 aliphatic rings. The van der Waals surface area contributed by atoms with E-state index in [9.17, 15) is 18.0 Å². The average Bonchev–Trinajstić information content (AvgIpc) is 3.03. The van der Waals surface area contributed by atoms with Gasteiger partial charge in [-0.1, -0.05) is 38.1 Å². The maximum absolute atomic E-state index is 12.7. The SMILES string of the molecule is C[C@]12C=CC(=O)C=C1C(c1ccc(OS(N)(=O)=O)cc1)=C[C@@H]1[C@@H]2CC[C@]2(C)C(=O)CC[C@@H]12. The predicted molar refractivity (Wildman–Crippen MR) is 121 cm³/mol. The van der Waals surface area contributed by atoms with Crippen LogP contribution in [0.25, 0.3) is 5.57 Å². The van der Waals surface area contributed by atoms with E-state index in [0.29, 0.717) is 18.1 Å². The minimum atomic E-state index is -4.10. The molecule has 0 bridgehead atoms. The van der Waals surface area contributed by atoms with Crippen molar-refractivity contribution in [2.45, 2.75) is 39.5 Å². The molecule has 7 heteroatoms. The van der Waals surface area contributed by atoms with Gasteiger partial charge in [-0.2, -0.15) is 13.6 Å². The van der Waals surface area contributed by atoms with E-state index >= 15 is 0 Å². The summed E-state index contributed by atoms with van der Waals surface area (Å²) < 4.78 is 27.2. The van der Waals surface area contributed by atoms with Crippen LogP contribution in [0.2, 0.25) is 0 Å². The van der Waals surface area contributed by atoms with Gasteiger partial charge >= 0.3 is 10.3 Å². The molecule has 5 atom stereocenters. The highest BCUT2D eigenvalue weighted by molar-refractivity contribution is 7.84. The Hall–Kier alpha value is -2.51. The lowest BCUT2D eigenvalue weighted by Crippen LogP contribution is -2.48. The monoisotopic (exact) mass is 453 g/mol. The number of benzene rings is 1. The number of carbonyl (C=O) groups excluding carboxylic acids is 2. The molecule has 0 radical (unpaired) electrons. The first kappa shape index (κ1) is 21.3. The molecule has 0 aromatic heterocycles. The number of hydrogen-bond donors (Lipinski definition) is 1. The predicted octanol–water partition coefficient (Wildman–Crippen LogP) is 3.75. The Morgan fingerprint density at radius 3 is 2.47 bits per heavy atom. The van der Waals surface area contributed by atoms with Gasteiger partial charge in [-0.25, -0.2) is 0 Å². The number of allylic oxidation sites excluding steroid dienone is 6. The van der Waals surface area contributed by atoms with Gasteiger partial charge in [-0.05, 0) is 78.0 Å². The molecule has 4 aliphatic carbocycles. The number of hydrogen-bond acceptors (Lipinski definition) is 5. The smallest absolute Gasteiger partial charge is 0.371 e. The lowest BCUT2D eigenvalue weighted by Gasteiger charge is -2.54. The molecular weight excluding hydrogens is 426 g/mol. The molecule has 0 heterocycles. The van der Waals surface area contributed by atoms with E-state index in [-0.39, 0.29) is 34.2 Å². The van der Waals surface area contributed by atoms with Crippen molar-refractivity contribution in [3.63, 3.8) is 0 Å².